The third-order valence-electron chi connectivity index (χ3n) is 4.11. The minimum Gasteiger partial charge on any atom is -0.324 e. The SMILES string of the molecule is Cc1ccccc1NC(=O)C(C)n1nc(-c2ccc(F)cc2)ccc1=O. The molecule has 0 aliphatic carbocycles. The molecule has 0 aliphatic rings. The normalized spacial score (nSPS) is 11.8. The van der Waals surface area contributed by atoms with Crippen LogP contribution < -0.4 is 10.9 Å². The van der Waals surface area contributed by atoms with Crippen LogP contribution in [0.25, 0.3) is 11.3 Å². The van der Waals surface area contributed by atoms with Crippen LogP contribution in [0.3, 0.4) is 0 Å². The van der Waals surface area contributed by atoms with E-state index < -0.39 is 6.04 Å². The molecule has 1 amide bonds. The van der Waals surface area contributed by atoms with Crippen LogP contribution in [0.1, 0.15) is 18.5 Å². The second kappa shape index (κ2) is 7.31. The number of nitrogens with one attached hydrogen (secondary N) is 1. The van der Waals surface area contributed by atoms with Gasteiger partial charge in [-0.25, -0.2) is 9.07 Å². The number of para-hydroxylation sites is 1. The van der Waals surface area contributed by atoms with Gasteiger partial charge in [0.15, 0.2) is 0 Å². The van der Waals surface area contributed by atoms with E-state index in [0.717, 1.165) is 10.2 Å². The average Bonchev–Trinajstić information content (AvgIpc) is 2.64. The molecule has 26 heavy (non-hydrogen) atoms. The Balaban J connectivity index is 1.89. The number of rotatable bonds is 4. The monoisotopic (exact) mass is 351 g/mol. The predicted octanol–water partition coefficient (Wildman–Crippen LogP) is 3.56. The summed E-state index contributed by atoms with van der Waals surface area (Å²) >= 11 is 0. The Kier molecular flexibility index (Phi) is 4.93. The molecule has 1 atom stereocenters. The highest BCUT2D eigenvalue weighted by Gasteiger charge is 2.18. The van der Waals surface area contributed by atoms with Gasteiger partial charge in [0.2, 0.25) is 5.91 Å². The smallest absolute Gasteiger partial charge is 0.267 e. The van der Waals surface area contributed by atoms with Crippen molar-refractivity contribution in [3.63, 3.8) is 0 Å². The Morgan fingerprint density at radius 3 is 2.46 bits per heavy atom. The first-order chi connectivity index (χ1) is 12.5. The molecule has 0 spiro atoms. The molecule has 6 heteroatoms. The molecule has 1 aromatic heterocycles. The van der Waals surface area contributed by atoms with Gasteiger partial charge in [-0.3, -0.25) is 9.59 Å². The van der Waals surface area contributed by atoms with Gasteiger partial charge in [-0.05, 0) is 55.8 Å². The average molecular weight is 351 g/mol. The number of amides is 1. The van der Waals surface area contributed by atoms with E-state index in [4.69, 9.17) is 0 Å². The van der Waals surface area contributed by atoms with Gasteiger partial charge >= 0.3 is 0 Å². The molecule has 5 nitrogen and oxygen atoms in total. The van der Waals surface area contributed by atoms with Crippen molar-refractivity contribution >= 4 is 11.6 Å². The molecule has 0 saturated carbocycles. The van der Waals surface area contributed by atoms with Gasteiger partial charge in [0, 0.05) is 17.3 Å². The maximum absolute atomic E-state index is 13.1. The van der Waals surface area contributed by atoms with E-state index in [2.05, 4.69) is 10.4 Å². The number of anilines is 1. The third-order valence-corrected chi connectivity index (χ3v) is 4.11. The van der Waals surface area contributed by atoms with Crippen molar-refractivity contribution in [2.75, 3.05) is 5.32 Å². The van der Waals surface area contributed by atoms with Gasteiger partial charge in [0.25, 0.3) is 5.56 Å². The van der Waals surface area contributed by atoms with Crippen molar-refractivity contribution in [2.24, 2.45) is 0 Å². The quantitative estimate of drug-likeness (QED) is 0.782. The maximum atomic E-state index is 13.1. The molecule has 0 bridgehead atoms. The fourth-order valence-electron chi connectivity index (χ4n) is 2.54. The largest absolute Gasteiger partial charge is 0.324 e. The molecule has 1 heterocycles. The van der Waals surface area contributed by atoms with E-state index in [1.54, 1.807) is 31.2 Å². The highest BCUT2D eigenvalue weighted by Crippen LogP contribution is 2.18. The number of halogens is 1. The Morgan fingerprint density at radius 1 is 1.08 bits per heavy atom. The highest BCUT2D eigenvalue weighted by atomic mass is 19.1. The summed E-state index contributed by atoms with van der Waals surface area (Å²) in [6.45, 7) is 3.50. The molecule has 2 aromatic carbocycles. The fraction of sp³-hybridized carbons (Fsp3) is 0.150. The maximum Gasteiger partial charge on any atom is 0.267 e. The van der Waals surface area contributed by atoms with Crippen LogP contribution in [-0.2, 0) is 4.79 Å². The molecule has 1 N–H and O–H groups in total. The summed E-state index contributed by atoms with van der Waals surface area (Å²) in [7, 11) is 0. The van der Waals surface area contributed by atoms with Gasteiger partial charge in [-0.15, -0.1) is 0 Å². The zero-order valence-corrected chi connectivity index (χ0v) is 14.4. The number of carbonyl (C=O) groups is 1. The first kappa shape index (κ1) is 17.5. The highest BCUT2D eigenvalue weighted by molar-refractivity contribution is 5.94. The Labute approximate surface area is 150 Å². The minimum absolute atomic E-state index is 0.342. The second-order valence-electron chi connectivity index (χ2n) is 5.99. The van der Waals surface area contributed by atoms with E-state index in [1.807, 2.05) is 25.1 Å². The first-order valence-electron chi connectivity index (χ1n) is 8.18. The summed E-state index contributed by atoms with van der Waals surface area (Å²) in [6, 6.07) is 15.3. The van der Waals surface area contributed by atoms with Gasteiger partial charge in [-0.2, -0.15) is 5.10 Å². The van der Waals surface area contributed by atoms with E-state index >= 15 is 0 Å². The fourth-order valence-corrected chi connectivity index (χ4v) is 2.54. The lowest BCUT2D eigenvalue weighted by molar-refractivity contribution is -0.119. The lowest BCUT2D eigenvalue weighted by Crippen LogP contribution is -2.33. The summed E-state index contributed by atoms with van der Waals surface area (Å²) in [6.07, 6.45) is 0. The van der Waals surface area contributed by atoms with Gasteiger partial charge in [-0.1, -0.05) is 18.2 Å². The molecule has 0 aliphatic heterocycles. The van der Waals surface area contributed by atoms with Crippen molar-refractivity contribution in [2.45, 2.75) is 19.9 Å². The summed E-state index contributed by atoms with van der Waals surface area (Å²) in [5, 5.41) is 7.09. The van der Waals surface area contributed by atoms with E-state index in [-0.39, 0.29) is 17.3 Å². The molecule has 0 radical (unpaired) electrons. The van der Waals surface area contributed by atoms with Crippen molar-refractivity contribution in [1.82, 2.24) is 9.78 Å². The second-order valence-corrected chi connectivity index (χ2v) is 5.99. The summed E-state index contributed by atoms with van der Waals surface area (Å²) in [5.41, 5.74) is 2.37. The predicted molar refractivity (Wildman–Crippen MR) is 98.4 cm³/mol. The van der Waals surface area contributed by atoms with Crippen molar-refractivity contribution < 1.29 is 9.18 Å². The topological polar surface area (TPSA) is 64.0 Å². The number of benzene rings is 2. The minimum atomic E-state index is -0.803. The number of aromatic nitrogens is 2. The summed E-state index contributed by atoms with van der Waals surface area (Å²) < 4.78 is 14.2. The number of carbonyl (C=O) groups excluding carboxylic acids is 1. The summed E-state index contributed by atoms with van der Waals surface area (Å²) in [5.74, 6) is -0.696. The van der Waals surface area contributed by atoms with Crippen LogP contribution in [0.4, 0.5) is 10.1 Å². The van der Waals surface area contributed by atoms with Crippen molar-refractivity contribution in [3.8, 4) is 11.3 Å². The zero-order chi connectivity index (χ0) is 18.7. The van der Waals surface area contributed by atoms with Gasteiger partial charge in [0.05, 0.1) is 5.69 Å². The number of nitrogens with zero attached hydrogens (tertiary/aromatic N) is 2. The van der Waals surface area contributed by atoms with Crippen molar-refractivity contribution in [1.29, 1.82) is 0 Å². The van der Waals surface area contributed by atoms with Gasteiger partial charge < -0.3 is 5.32 Å². The molecule has 0 saturated heterocycles. The van der Waals surface area contributed by atoms with E-state index in [0.29, 0.717) is 16.9 Å². The molecule has 3 aromatic rings. The van der Waals surface area contributed by atoms with Crippen LogP contribution in [0.2, 0.25) is 0 Å². The van der Waals surface area contributed by atoms with E-state index in [9.17, 15) is 14.0 Å². The van der Waals surface area contributed by atoms with Crippen molar-refractivity contribution in [3.05, 3.63) is 82.4 Å². The Morgan fingerprint density at radius 2 is 1.77 bits per heavy atom. The molecular weight excluding hydrogens is 333 g/mol. The number of aryl methyl sites for hydroxylation is 1. The molecule has 0 fully saturated rings. The standard InChI is InChI=1S/C20H18FN3O2/c1-13-5-3-4-6-17(13)22-20(26)14(2)24-19(25)12-11-18(23-24)15-7-9-16(21)10-8-15/h3-12,14H,1-2H3,(H,22,26). The Bertz CT molecular complexity index is 996. The number of hydrogen-bond donors (Lipinski definition) is 1. The van der Waals surface area contributed by atoms with Crippen LogP contribution in [0.15, 0.2) is 65.5 Å². The lowest BCUT2D eigenvalue weighted by atomic mass is 10.1. The molecule has 1 unspecified atom stereocenters. The van der Waals surface area contributed by atoms with Gasteiger partial charge in [0.1, 0.15) is 11.9 Å². The number of hydrogen-bond acceptors (Lipinski definition) is 3. The Hall–Kier alpha value is -3.28. The lowest BCUT2D eigenvalue weighted by Gasteiger charge is -2.16. The van der Waals surface area contributed by atoms with Crippen LogP contribution in [0.5, 0.6) is 0 Å². The zero-order valence-electron chi connectivity index (χ0n) is 14.4. The van der Waals surface area contributed by atoms with E-state index in [1.165, 1.54) is 18.2 Å². The van der Waals surface area contributed by atoms with Crippen LogP contribution in [-0.4, -0.2) is 15.7 Å². The first-order valence-corrected chi connectivity index (χ1v) is 8.18. The molecule has 3 rings (SSSR count). The summed E-state index contributed by atoms with van der Waals surface area (Å²) in [4.78, 5) is 24.7. The van der Waals surface area contributed by atoms with Crippen LogP contribution in [0, 0.1) is 12.7 Å². The third kappa shape index (κ3) is 3.69. The molecular formula is C20H18FN3O2. The van der Waals surface area contributed by atoms with Crippen LogP contribution >= 0.6 is 0 Å². The molecule has 132 valence electrons.